The minimum atomic E-state index is -0.692. The fraction of sp³-hybridized carbons (Fsp3) is 0.364. The molecule has 0 saturated carbocycles. The van der Waals surface area contributed by atoms with Crippen LogP contribution in [0.1, 0.15) is 0 Å². The number of non-ortho nitro benzene ring substituents is 1. The van der Waals surface area contributed by atoms with Crippen molar-refractivity contribution < 1.29 is 19.2 Å². The summed E-state index contributed by atoms with van der Waals surface area (Å²) >= 11 is 0. The molecule has 0 radical (unpaired) electrons. The Bertz CT molecular complexity index is 526. The molecule has 0 unspecified atom stereocenters. The summed E-state index contributed by atoms with van der Waals surface area (Å²) in [5.41, 5.74) is 7.93. The van der Waals surface area contributed by atoms with Crippen molar-refractivity contribution in [1.29, 1.82) is 0 Å². The predicted molar refractivity (Wildman–Crippen MR) is 72.0 cm³/mol. The second-order valence-corrected chi connectivity index (χ2v) is 3.63. The molecule has 1 N–H and O–H groups in total. The average molecular weight is 295 g/mol. The summed E-state index contributed by atoms with van der Waals surface area (Å²) in [5.74, 6) is 0.197. The molecule has 1 amide bonds. The van der Waals surface area contributed by atoms with Crippen molar-refractivity contribution >= 4 is 11.8 Å². The van der Waals surface area contributed by atoms with E-state index in [9.17, 15) is 14.9 Å². The number of carbonyl (C=O) groups excluding carboxylic acids is 1. The van der Waals surface area contributed by atoms with E-state index in [1.54, 1.807) is 0 Å². The minimum Gasteiger partial charge on any atom is -0.410 e. The van der Waals surface area contributed by atoms with Crippen molar-refractivity contribution in [3.05, 3.63) is 44.8 Å². The molecular weight excluding hydrogens is 282 g/mol. The van der Waals surface area contributed by atoms with E-state index in [-0.39, 0.29) is 37.7 Å². The predicted octanol–water partition coefficient (Wildman–Crippen LogP) is 2.01. The average Bonchev–Trinajstić information content (AvgIpc) is 2.47. The van der Waals surface area contributed by atoms with E-state index in [0.717, 1.165) is 0 Å². The molecule has 10 nitrogen and oxygen atoms in total. The fourth-order valence-corrected chi connectivity index (χ4v) is 1.26. The molecule has 0 aliphatic heterocycles. The number of hydrogen-bond donors (Lipinski definition) is 1. The monoisotopic (exact) mass is 295 g/mol. The zero-order chi connectivity index (χ0) is 15.5. The van der Waals surface area contributed by atoms with Crippen LogP contribution in [0.15, 0.2) is 29.4 Å². The molecule has 10 heteroatoms. The fourth-order valence-electron chi connectivity index (χ4n) is 1.26. The highest BCUT2D eigenvalue weighted by Gasteiger charge is 2.07. The number of hydrogen-bond acceptors (Lipinski definition) is 6. The molecule has 0 spiro atoms. The number of carbonyl (C=O) groups is 1. The van der Waals surface area contributed by atoms with Crippen molar-refractivity contribution in [1.82, 2.24) is 5.32 Å². The summed E-state index contributed by atoms with van der Waals surface area (Å²) in [6.45, 7) is 0.964. The normalized spacial score (nSPS) is 9.52. The molecular formula is C11H13N5O5. The third-order valence-corrected chi connectivity index (χ3v) is 2.17. The van der Waals surface area contributed by atoms with Gasteiger partial charge in [0, 0.05) is 30.1 Å². The van der Waals surface area contributed by atoms with Crippen LogP contribution < -0.4 is 10.1 Å². The van der Waals surface area contributed by atoms with Crippen LogP contribution in [0.2, 0.25) is 0 Å². The van der Waals surface area contributed by atoms with Gasteiger partial charge in [-0.25, -0.2) is 4.79 Å². The third-order valence-electron chi connectivity index (χ3n) is 2.17. The molecule has 1 rings (SSSR count). The van der Waals surface area contributed by atoms with Crippen LogP contribution >= 0.6 is 0 Å². The van der Waals surface area contributed by atoms with Gasteiger partial charge in [-0.3, -0.25) is 10.1 Å². The number of nitro benzene ring substituents is 1. The van der Waals surface area contributed by atoms with E-state index in [4.69, 9.17) is 15.0 Å². The topological polar surface area (TPSA) is 139 Å². The number of benzene rings is 1. The van der Waals surface area contributed by atoms with Gasteiger partial charge in [-0.2, -0.15) is 0 Å². The second kappa shape index (κ2) is 9.13. The highest BCUT2D eigenvalue weighted by molar-refractivity contribution is 5.70. The number of nitrogens with zero attached hydrogens (tertiary/aromatic N) is 4. The Morgan fingerprint density at radius 1 is 1.38 bits per heavy atom. The lowest BCUT2D eigenvalue weighted by atomic mass is 10.3. The Labute approximate surface area is 119 Å². The summed E-state index contributed by atoms with van der Waals surface area (Å²) in [5, 5.41) is 16.2. The van der Waals surface area contributed by atoms with Crippen LogP contribution in [0, 0.1) is 10.1 Å². The van der Waals surface area contributed by atoms with Gasteiger partial charge < -0.3 is 14.8 Å². The van der Waals surface area contributed by atoms with Gasteiger partial charge in [0.15, 0.2) is 0 Å². The van der Waals surface area contributed by atoms with E-state index in [2.05, 4.69) is 15.3 Å². The number of nitro groups is 1. The van der Waals surface area contributed by atoms with Crippen molar-refractivity contribution in [2.45, 2.75) is 0 Å². The number of nitrogens with one attached hydrogen (secondary N) is 1. The molecule has 0 fully saturated rings. The molecule has 0 aliphatic rings. The lowest BCUT2D eigenvalue weighted by Crippen LogP contribution is -2.30. The van der Waals surface area contributed by atoms with Gasteiger partial charge in [0.1, 0.15) is 5.75 Å². The van der Waals surface area contributed by atoms with Crippen LogP contribution in [-0.2, 0) is 4.74 Å². The van der Waals surface area contributed by atoms with Crippen LogP contribution in [-0.4, -0.2) is 37.3 Å². The second-order valence-electron chi connectivity index (χ2n) is 3.63. The molecule has 1 aromatic rings. The maximum absolute atomic E-state index is 11.4. The van der Waals surface area contributed by atoms with Gasteiger partial charge in [-0.05, 0) is 17.7 Å². The van der Waals surface area contributed by atoms with E-state index in [1.165, 1.54) is 24.3 Å². The molecule has 0 saturated heterocycles. The van der Waals surface area contributed by atoms with Crippen molar-refractivity contribution in [2.24, 2.45) is 5.11 Å². The Morgan fingerprint density at radius 2 is 2.10 bits per heavy atom. The molecule has 0 atom stereocenters. The Kier molecular flexibility index (Phi) is 7.05. The molecule has 0 heterocycles. The zero-order valence-corrected chi connectivity index (χ0v) is 11.0. The minimum absolute atomic E-state index is 0.0869. The van der Waals surface area contributed by atoms with Gasteiger partial charge in [-0.1, -0.05) is 5.11 Å². The van der Waals surface area contributed by atoms with Gasteiger partial charge in [-0.15, -0.1) is 0 Å². The quantitative estimate of drug-likeness (QED) is 0.195. The molecule has 112 valence electrons. The summed E-state index contributed by atoms with van der Waals surface area (Å²) in [6.07, 6.45) is -0.692. The van der Waals surface area contributed by atoms with Crippen molar-refractivity contribution in [3.8, 4) is 5.75 Å². The Hall–Kier alpha value is -2.84. The highest BCUT2D eigenvalue weighted by atomic mass is 16.6. The first-order chi connectivity index (χ1) is 10.1. The maximum Gasteiger partial charge on any atom is 0.412 e. The number of ether oxygens (including phenoxy) is 2. The first kappa shape index (κ1) is 16.2. The number of amides is 1. The van der Waals surface area contributed by atoms with Gasteiger partial charge in [0.2, 0.25) is 0 Å². The first-order valence-corrected chi connectivity index (χ1v) is 5.92. The van der Waals surface area contributed by atoms with E-state index in [1.807, 2.05) is 0 Å². The van der Waals surface area contributed by atoms with E-state index in [0.29, 0.717) is 0 Å². The van der Waals surface area contributed by atoms with Crippen LogP contribution in [0.3, 0.4) is 0 Å². The zero-order valence-electron chi connectivity index (χ0n) is 11.0. The van der Waals surface area contributed by atoms with Crippen LogP contribution in [0.25, 0.3) is 10.4 Å². The van der Waals surface area contributed by atoms with Crippen LogP contribution in [0.4, 0.5) is 10.5 Å². The lowest BCUT2D eigenvalue weighted by Gasteiger charge is -2.06. The third kappa shape index (κ3) is 6.76. The number of azide groups is 1. The lowest BCUT2D eigenvalue weighted by molar-refractivity contribution is -0.384. The molecule has 1 aromatic carbocycles. The Balaban J connectivity index is 2.21. The van der Waals surface area contributed by atoms with Crippen LogP contribution in [0.5, 0.6) is 5.75 Å². The first-order valence-electron chi connectivity index (χ1n) is 5.92. The molecule has 0 aliphatic carbocycles. The molecule has 21 heavy (non-hydrogen) atoms. The number of rotatable bonds is 8. The summed E-state index contributed by atoms with van der Waals surface area (Å²) < 4.78 is 9.97. The van der Waals surface area contributed by atoms with Crippen molar-refractivity contribution in [3.63, 3.8) is 0 Å². The summed E-state index contributed by atoms with van der Waals surface area (Å²) in [4.78, 5) is 23.8. The maximum atomic E-state index is 11.4. The van der Waals surface area contributed by atoms with E-state index < -0.39 is 11.0 Å². The highest BCUT2D eigenvalue weighted by Crippen LogP contribution is 2.17. The Morgan fingerprint density at radius 3 is 2.71 bits per heavy atom. The summed E-state index contributed by atoms with van der Waals surface area (Å²) in [7, 11) is 0. The smallest absolute Gasteiger partial charge is 0.410 e. The largest absolute Gasteiger partial charge is 0.412 e. The summed E-state index contributed by atoms with van der Waals surface area (Å²) in [6, 6.07) is 5.13. The standard InChI is InChI=1S/C11H13N5O5/c12-15-14-6-8-20-7-5-13-11(17)21-10-3-1-9(2-4-10)16(18)19/h1-4H,5-8H2,(H,13,17). The van der Waals surface area contributed by atoms with Gasteiger partial charge in [0.05, 0.1) is 18.1 Å². The molecule has 0 bridgehead atoms. The van der Waals surface area contributed by atoms with Gasteiger partial charge in [0.25, 0.3) is 5.69 Å². The van der Waals surface area contributed by atoms with E-state index >= 15 is 0 Å². The SMILES string of the molecule is [N-]=[N+]=NCCOCCNC(=O)Oc1ccc([N+](=O)[O-])cc1. The molecule has 0 aromatic heterocycles. The van der Waals surface area contributed by atoms with Crippen molar-refractivity contribution in [2.75, 3.05) is 26.3 Å². The van der Waals surface area contributed by atoms with Gasteiger partial charge >= 0.3 is 6.09 Å².